The van der Waals surface area contributed by atoms with E-state index in [-0.39, 0.29) is 12.2 Å². The van der Waals surface area contributed by atoms with Crippen molar-refractivity contribution in [3.05, 3.63) is 59.8 Å². The van der Waals surface area contributed by atoms with Crippen molar-refractivity contribution >= 4 is 5.71 Å². The van der Waals surface area contributed by atoms with E-state index in [1.807, 2.05) is 18.2 Å². The highest BCUT2D eigenvalue weighted by atomic mass is 15.4. The van der Waals surface area contributed by atoms with Gasteiger partial charge in [-0.05, 0) is 24.8 Å². The zero-order valence-electron chi connectivity index (χ0n) is 10.7. The molecule has 1 heterocycles. The van der Waals surface area contributed by atoms with Gasteiger partial charge in [0.1, 0.15) is 6.17 Å². The first-order valence-electron chi connectivity index (χ1n) is 6.16. The first-order chi connectivity index (χ1) is 8.70. The third-order valence-corrected chi connectivity index (χ3v) is 3.78. The molecule has 0 spiro atoms. The number of nitrogens with one attached hydrogen (secondary N) is 1. The number of nitrogens with zero attached hydrogens (tertiary/aromatic N) is 2. The van der Waals surface area contributed by atoms with E-state index in [1.165, 1.54) is 11.3 Å². The number of rotatable bonds is 1. The Kier molecular flexibility index (Phi) is 2.56. The second-order valence-electron chi connectivity index (χ2n) is 4.87. The molecule has 0 bridgehead atoms. The largest absolute Gasteiger partial charge is 0.357 e. The minimum Gasteiger partial charge on any atom is -0.357 e. The van der Waals surface area contributed by atoms with Crippen molar-refractivity contribution in [3.63, 3.8) is 0 Å². The molecule has 3 rings (SSSR count). The molecule has 1 aliphatic carbocycles. The molecule has 3 nitrogen and oxygen atoms in total. The summed E-state index contributed by atoms with van der Waals surface area (Å²) in [6, 6.07) is 10.5. The topological polar surface area (TPSA) is 30.3 Å². The molecule has 0 saturated carbocycles. The Balaban J connectivity index is 2.02. The molecule has 0 radical (unpaired) electrons. The quantitative estimate of drug-likeness (QED) is 0.815. The summed E-state index contributed by atoms with van der Waals surface area (Å²) in [6.45, 7) is 0. The maximum absolute atomic E-state index is 8.09. The minimum atomic E-state index is 0.0882. The molecule has 1 saturated heterocycles. The number of allylic oxidation sites excluding steroid dienone is 2. The van der Waals surface area contributed by atoms with Gasteiger partial charge in [0, 0.05) is 12.7 Å². The van der Waals surface area contributed by atoms with Crippen molar-refractivity contribution in [3.8, 4) is 0 Å². The van der Waals surface area contributed by atoms with Crippen molar-refractivity contribution in [2.24, 2.45) is 0 Å². The van der Waals surface area contributed by atoms with Crippen LogP contribution in [0.1, 0.15) is 11.7 Å². The Morgan fingerprint density at radius 3 is 2.50 bits per heavy atom. The van der Waals surface area contributed by atoms with Crippen molar-refractivity contribution in [2.45, 2.75) is 12.2 Å². The number of likely N-dealkylation sites (N-methyl/N-ethyl adjacent to an activating group) is 2. The highest BCUT2D eigenvalue weighted by Crippen LogP contribution is 2.38. The van der Waals surface area contributed by atoms with Gasteiger partial charge in [-0.15, -0.1) is 0 Å². The predicted molar refractivity (Wildman–Crippen MR) is 73.4 cm³/mol. The van der Waals surface area contributed by atoms with Crippen LogP contribution in [0.25, 0.3) is 0 Å². The lowest BCUT2D eigenvalue weighted by Crippen LogP contribution is -2.34. The van der Waals surface area contributed by atoms with Crippen LogP contribution in [0.15, 0.2) is 54.3 Å². The van der Waals surface area contributed by atoms with Crippen LogP contribution in [0.3, 0.4) is 0 Å². The fourth-order valence-electron chi connectivity index (χ4n) is 2.97. The zero-order chi connectivity index (χ0) is 12.7. The summed E-state index contributed by atoms with van der Waals surface area (Å²) in [5, 5.41) is 8.09. The van der Waals surface area contributed by atoms with Gasteiger partial charge in [0.2, 0.25) is 0 Å². The molecule has 1 fully saturated rings. The van der Waals surface area contributed by atoms with E-state index >= 15 is 0 Å². The third kappa shape index (κ3) is 1.51. The maximum atomic E-state index is 8.09. The average molecular weight is 239 g/mol. The standard InChI is InChI=1S/C15H17N3/c1-17-13-10-6-9-12(16)14(13)18(2)15(17)11-7-4-3-5-8-11/h3-10,14-16H,1-2H3. The molecule has 0 aromatic heterocycles. The van der Waals surface area contributed by atoms with Crippen molar-refractivity contribution < 1.29 is 0 Å². The Morgan fingerprint density at radius 2 is 1.83 bits per heavy atom. The second-order valence-corrected chi connectivity index (χ2v) is 4.87. The molecule has 18 heavy (non-hydrogen) atoms. The van der Waals surface area contributed by atoms with E-state index < -0.39 is 0 Å². The van der Waals surface area contributed by atoms with Crippen LogP contribution in [-0.4, -0.2) is 35.6 Å². The number of benzene rings is 1. The third-order valence-electron chi connectivity index (χ3n) is 3.78. The van der Waals surface area contributed by atoms with Crippen molar-refractivity contribution in [1.82, 2.24) is 9.80 Å². The monoisotopic (exact) mass is 239 g/mol. The van der Waals surface area contributed by atoms with Crippen LogP contribution in [0.4, 0.5) is 0 Å². The first-order valence-corrected chi connectivity index (χ1v) is 6.16. The maximum Gasteiger partial charge on any atom is 0.108 e. The van der Waals surface area contributed by atoms with Crippen LogP contribution < -0.4 is 0 Å². The van der Waals surface area contributed by atoms with Crippen molar-refractivity contribution in [2.75, 3.05) is 14.1 Å². The van der Waals surface area contributed by atoms with Gasteiger partial charge in [0.05, 0.1) is 11.8 Å². The van der Waals surface area contributed by atoms with Crippen molar-refractivity contribution in [1.29, 1.82) is 5.41 Å². The van der Waals surface area contributed by atoms with E-state index in [2.05, 4.69) is 54.2 Å². The Labute approximate surface area is 108 Å². The van der Waals surface area contributed by atoms with E-state index in [1.54, 1.807) is 0 Å². The van der Waals surface area contributed by atoms with Crippen LogP contribution in [0.5, 0.6) is 0 Å². The molecule has 0 amide bonds. The van der Waals surface area contributed by atoms with Gasteiger partial charge in [-0.25, -0.2) is 0 Å². The molecule has 92 valence electrons. The summed E-state index contributed by atoms with van der Waals surface area (Å²) >= 11 is 0. The van der Waals surface area contributed by atoms with Crippen LogP contribution in [0.2, 0.25) is 0 Å². The Morgan fingerprint density at radius 1 is 1.11 bits per heavy atom. The fourth-order valence-corrected chi connectivity index (χ4v) is 2.97. The highest BCUT2D eigenvalue weighted by Gasteiger charge is 2.41. The molecule has 1 aromatic rings. The van der Waals surface area contributed by atoms with E-state index in [0.29, 0.717) is 5.71 Å². The lowest BCUT2D eigenvalue weighted by molar-refractivity contribution is 0.189. The fraction of sp³-hybridized carbons (Fsp3) is 0.267. The van der Waals surface area contributed by atoms with Gasteiger partial charge < -0.3 is 10.3 Å². The first kappa shape index (κ1) is 11.2. The molecule has 1 aliphatic heterocycles. The van der Waals surface area contributed by atoms with Gasteiger partial charge in [-0.3, -0.25) is 4.90 Å². The lowest BCUT2D eigenvalue weighted by atomic mass is 10.0. The molecule has 2 unspecified atom stereocenters. The van der Waals surface area contributed by atoms with Gasteiger partial charge >= 0.3 is 0 Å². The normalized spacial score (nSPS) is 27.3. The van der Waals surface area contributed by atoms with E-state index in [4.69, 9.17) is 5.41 Å². The summed E-state index contributed by atoms with van der Waals surface area (Å²) in [7, 11) is 4.19. The summed E-state index contributed by atoms with van der Waals surface area (Å²) < 4.78 is 0. The van der Waals surface area contributed by atoms with Gasteiger partial charge in [0.25, 0.3) is 0 Å². The number of fused-ring (bicyclic) bond motifs is 1. The molecule has 3 heteroatoms. The summed E-state index contributed by atoms with van der Waals surface area (Å²) in [4.78, 5) is 4.52. The lowest BCUT2D eigenvalue weighted by Gasteiger charge is -2.27. The smallest absolute Gasteiger partial charge is 0.108 e. The summed E-state index contributed by atoms with van der Waals surface area (Å²) in [5.74, 6) is 0. The molecular weight excluding hydrogens is 222 g/mol. The Bertz CT molecular complexity index is 530. The average Bonchev–Trinajstić information content (AvgIpc) is 2.64. The number of hydrogen-bond donors (Lipinski definition) is 1. The van der Waals surface area contributed by atoms with Crippen LogP contribution in [0, 0.1) is 5.41 Å². The minimum absolute atomic E-state index is 0.0882. The molecule has 2 aliphatic rings. The van der Waals surface area contributed by atoms with Crippen LogP contribution in [-0.2, 0) is 0 Å². The molecule has 1 N–H and O–H groups in total. The van der Waals surface area contributed by atoms with E-state index in [9.17, 15) is 0 Å². The highest BCUT2D eigenvalue weighted by molar-refractivity contribution is 6.00. The molecular formula is C15H17N3. The Hall–Kier alpha value is -1.87. The summed E-state index contributed by atoms with van der Waals surface area (Å²) in [6.07, 6.45) is 6.17. The predicted octanol–water partition coefficient (Wildman–Crippen LogP) is 2.40. The number of hydrogen-bond acceptors (Lipinski definition) is 3. The van der Waals surface area contributed by atoms with Crippen LogP contribution >= 0.6 is 0 Å². The molecule has 2 atom stereocenters. The van der Waals surface area contributed by atoms with Gasteiger partial charge in [-0.2, -0.15) is 0 Å². The summed E-state index contributed by atoms with van der Waals surface area (Å²) in [5.41, 5.74) is 3.14. The van der Waals surface area contributed by atoms with Gasteiger partial charge in [0.15, 0.2) is 0 Å². The van der Waals surface area contributed by atoms with Gasteiger partial charge in [-0.1, -0.05) is 36.4 Å². The molecule has 1 aromatic carbocycles. The SMILES string of the molecule is CN1C2=CC=CC(=N)C2N(C)C1c1ccccc1. The second kappa shape index (κ2) is 4.10. The van der Waals surface area contributed by atoms with E-state index in [0.717, 1.165) is 0 Å². The zero-order valence-corrected chi connectivity index (χ0v) is 10.7.